The summed E-state index contributed by atoms with van der Waals surface area (Å²) in [4.78, 5) is 23.4. The minimum Gasteiger partial charge on any atom is -0.461 e. The molecule has 0 aliphatic heterocycles. The van der Waals surface area contributed by atoms with Gasteiger partial charge in [0.15, 0.2) is 5.76 Å². The van der Waals surface area contributed by atoms with Crippen molar-refractivity contribution >= 4 is 11.7 Å². The quantitative estimate of drug-likeness (QED) is 0.500. The van der Waals surface area contributed by atoms with Crippen molar-refractivity contribution in [3.8, 4) is 0 Å². The Balaban J connectivity index is 2.29. The molecule has 98 valence electrons. The number of hydrogen-bond acceptors (Lipinski definition) is 4. The van der Waals surface area contributed by atoms with Crippen LogP contribution in [0.15, 0.2) is 47.1 Å². The van der Waals surface area contributed by atoms with Crippen LogP contribution in [0, 0.1) is 0 Å². The normalized spacial score (nSPS) is 11.9. The first-order chi connectivity index (χ1) is 9.13. The van der Waals surface area contributed by atoms with Crippen LogP contribution in [0.2, 0.25) is 0 Å². The second-order valence-corrected chi connectivity index (χ2v) is 4.13. The number of hydroxylamine groups is 1. The predicted molar refractivity (Wildman–Crippen MR) is 66.9 cm³/mol. The molecule has 2 N–H and O–H groups in total. The fraction of sp³-hybridized carbons (Fsp3) is 0.143. The van der Waals surface area contributed by atoms with Crippen LogP contribution < -0.4 is 5.48 Å². The molecule has 0 unspecified atom stereocenters. The molecule has 0 saturated carbocycles. The van der Waals surface area contributed by atoms with Crippen LogP contribution in [0.5, 0.6) is 0 Å². The molecule has 5 heteroatoms. The van der Waals surface area contributed by atoms with E-state index in [0.29, 0.717) is 11.1 Å². The van der Waals surface area contributed by atoms with E-state index in [-0.39, 0.29) is 11.5 Å². The fourth-order valence-corrected chi connectivity index (χ4v) is 1.75. The topological polar surface area (TPSA) is 79.5 Å². The van der Waals surface area contributed by atoms with E-state index in [9.17, 15) is 9.59 Å². The Kier molecular flexibility index (Phi) is 3.77. The largest absolute Gasteiger partial charge is 0.461 e. The lowest BCUT2D eigenvalue weighted by Crippen LogP contribution is -2.24. The lowest BCUT2D eigenvalue weighted by molar-refractivity contribution is -0.130. The molecule has 1 aromatic heterocycles. The van der Waals surface area contributed by atoms with Crippen molar-refractivity contribution in [2.45, 2.75) is 12.8 Å². The van der Waals surface area contributed by atoms with Gasteiger partial charge in [-0.05, 0) is 30.7 Å². The average molecular weight is 259 g/mol. The summed E-state index contributed by atoms with van der Waals surface area (Å²) < 4.78 is 5.05. The first-order valence-corrected chi connectivity index (χ1v) is 5.75. The maximum absolute atomic E-state index is 12.1. The molecule has 1 atom stereocenters. The summed E-state index contributed by atoms with van der Waals surface area (Å²) in [7, 11) is 0. The molecule has 1 aromatic carbocycles. The lowest BCUT2D eigenvalue weighted by Gasteiger charge is -2.10. The summed E-state index contributed by atoms with van der Waals surface area (Å²) in [6.07, 6.45) is 1.43. The zero-order valence-electron chi connectivity index (χ0n) is 10.3. The molecule has 0 bridgehead atoms. The standard InChI is InChI=1S/C14H13NO4/c1-9(14(17)15-18)10-4-2-5-11(8-10)13(16)12-6-3-7-19-12/h2-9,18H,1H3,(H,15,17)/t9-/m1/s1. The number of rotatable bonds is 4. The first-order valence-electron chi connectivity index (χ1n) is 5.75. The fourth-order valence-electron chi connectivity index (χ4n) is 1.75. The summed E-state index contributed by atoms with van der Waals surface area (Å²) >= 11 is 0. The molecule has 0 aliphatic carbocycles. The van der Waals surface area contributed by atoms with Gasteiger partial charge < -0.3 is 4.42 Å². The molecule has 19 heavy (non-hydrogen) atoms. The number of amides is 1. The van der Waals surface area contributed by atoms with Crippen LogP contribution >= 0.6 is 0 Å². The van der Waals surface area contributed by atoms with E-state index in [1.54, 1.807) is 48.8 Å². The molecule has 5 nitrogen and oxygen atoms in total. The molecule has 0 radical (unpaired) electrons. The van der Waals surface area contributed by atoms with Crippen LogP contribution in [0.3, 0.4) is 0 Å². The van der Waals surface area contributed by atoms with Crippen molar-refractivity contribution in [1.29, 1.82) is 0 Å². The number of nitrogens with one attached hydrogen (secondary N) is 1. The van der Waals surface area contributed by atoms with Crippen LogP contribution in [0.1, 0.15) is 34.5 Å². The maximum atomic E-state index is 12.1. The number of carbonyl (C=O) groups is 2. The second-order valence-electron chi connectivity index (χ2n) is 4.13. The molecule has 1 amide bonds. The van der Waals surface area contributed by atoms with Gasteiger partial charge in [0.2, 0.25) is 5.78 Å². The van der Waals surface area contributed by atoms with Crippen molar-refractivity contribution in [2.75, 3.05) is 0 Å². The highest BCUT2D eigenvalue weighted by atomic mass is 16.5. The molecule has 0 aliphatic rings. The van der Waals surface area contributed by atoms with Gasteiger partial charge in [-0.25, -0.2) is 5.48 Å². The zero-order chi connectivity index (χ0) is 13.8. The molecule has 0 spiro atoms. The van der Waals surface area contributed by atoms with E-state index in [1.807, 2.05) is 0 Å². The second kappa shape index (κ2) is 5.49. The summed E-state index contributed by atoms with van der Waals surface area (Å²) in [5.41, 5.74) is 2.67. The van der Waals surface area contributed by atoms with Crippen molar-refractivity contribution in [3.63, 3.8) is 0 Å². The average Bonchev–Trinajstić information content (AvgIpc) is 2.99. The van der Waals surface area contributed by atoms with Gasteiger partial charge in [0.05, 0.1) is 12.2 Å². The van der Waals surface area contributed by atoms with E-state index >= 15 is 0 Å². The number of furan rings is 1. The van der Waals surface area contributed by atoms with Crippen molar-refractivity contribution < 1.29 is 19.2 Å². The number of carbonyl (C=O) groups excluding carboxylic acids is 2. The van der Waals surface area contributed by atoms with Crippen molar-refractivity contribution in [3.05, 3.63) is 59.5 Å². The van der Waals surface area contributed by atoms with Crippen LogP contribution in [-0.4, -0.2) is 16.9 Å². The lowest BCUT2D eigenvalue weighted by atomic mass is 9.97. The van der Waals surface area contributed by atoms with Gasteiger partial charge in [-0.2, -0.15) is 0 Å². The third kappa shape index (κ3) is 2.71. The van der Waals surface area contributed by atoms with Gasteiger partial charge >= 0.3 is 0 Å². The van der Waals surface area contributed by atoms with Crippen LogP contribution in [-0.2, 0) is 4.79 Å². The minimum atomic E-state index is -0.547. The highest BCUT2D eigenvalue weighted by Gasteiger charge is 2.17. The molecular weight excluding hydrogens is 246 g/mol. The Labute approximate surface area is 109 Å². The molecule has 0 saturated heterocycles. The molecular formula is C14H13NO4. The first kappa shape index (κ1) is 13.0. The summed E-state index contributed by atoms with van der Waals surface area (Å²) in [6, 6.07) is 9.89. The van der Waals surface area contributed by atoms with E-state index in [0.717, 1.165) is 0 Å². The molecule has 2 rings (SSSR count). The molecule has 2 aromatic rings. The van der Waals surface area contributed by atoms with Gasteiger partial charge in [0.1, 0.15) is 0 Å². The van der Waals surface area contributed by atoms with E-state index < -0.39 is 11.8 Å². The van der Waals surface area contributed by atoms with E-state index in [4.69, 9.17) is 9.62 Å². The number of ketones is 1. The highest BCUT2D eigenvalue weighted by molar-refractivity contribution is 6.07. The maximum Gasteiger partial charge on any atom is 0.250 e. The predicted octanol–water partition coefficient (Wildman–Crippen LogP) is 2.12. The van der Waals surface area contributed by atoms with Gasteiger partial charge in [0.25, 0.3) is 5.91 Å². The van der Waals surface area contributed by atoms with Gasteiger partial charge in [-0.3, -0.25) is 14.8 Å². The summed E-state index contributed by atoms with van der Waals surface area (Å²) in [6.45, 7) is 1.64. The van der Waals surface area contributed by atoms with Gasteiger partial charge in [0, 0.05) is 5.56 Å². The smallest absolute Gasteiger partial charge is 0.250 e. The Morgan fingerprint density at radius 2 is 2.05 bits per heavy atom. The van der Waals surface area contributed by atoms with Crippen molar-refractivity contribution in [1.82, 2.24) is 5.48 Å². The van der Waals surface area contributed by atoms with E-state index in [1.165, 1.54) is 6.26 Å². The third-order valence-corrected chi connectivity index (χ3v) is 2.90. The Bertz CT molecular complexity index is 589. The summed E-state index contributed by atoms with van der Waals surface area (Å²) in [5, 5.41) is 8.61. The van der Waals surface area contributed by atoms with Crippen LogP contribution in [0.4, 0.5) is 0 Å². The molecule has 1 heterocycles. The Morgan fingerprint density at radius 3 is 2.68 bits per heavy atom. The Hall–Kier alpha value is -2.40. The number of hydrogen-bond donors (Lipinski definition) is 2. The summed E-state index contributed by atoms with van der Waals surface area (Å²) in [5.74, 6) is -1.07. The van der Waals surface area contributed by atoms with Crippen molar-refractivity contribution in [2.24, 2.45) is 0 Å². The highest BCUT2D eigenvalue weighted by Crippen LogP contribution is 2.19. The number of benzene rings is 1. The SMILES string of the molecule is C[C@@H](C(=O)NO)c1cccc(C(=O)c2ccco2)c1. The monoisotopic (exact) mass is 259 g/mol. The van der Waals surface area contributed by atoms with E-state index in [2.05, 4.69) is 0 Å². The minimum absolute atomic E-state index is 0.247. The van der Waals surface area contributed by atoms with Crippen LogP contribution in [0.25, 0.3) is 0 Å². The third-order valence-electron chi connectivity index (χ3n) is 2.90. The Morgan fingerprint density at radius 1 is 1.26 bits per heavy atom. The van der Waals surface area contributed by atoms with Gasteiger partial charge in [-0.15, -0.1) is 0 Å². The molecule has 0 fully saturated rings. The zero-order valence-corrected chi connectivity index (χ0v) is 10.3. The van der Waals surface area contributed by atoms with Gasteiger partial charge in [-0.1, -0.05) is 18.2 Å².